The summed E-state index contributed by atoms with van der Waals surface area (Å²) in [5.74, 6) is 0.392. The van der Waals surface area contributed by atoms with Crippen LogP contribution in [-0.2, 0) is 0 Å². The van der Waals surface area contributed by atoms with Gasteiger partial charge in [0.2, 0.25) is 0 Å². The van der Waals surface area contributed by atoms with E-state index in [0.29, 0.717) is 11.5 Å². The third-order valence-electron chi connectivity index (χ3n) is 3.96. The summed E-state index contributed by atoms with van der Waals surface area (Å²) in [5.41, 5.74) is 1.77. The minimum atomic E-state index is -0.0407. The predicted octanol–water partition coefficient (Wildman–Crippen LogP) is 1.60. The van der Waals surface area contributed by atoms with Gasteiger partial charge in [-0.2, -0.15) is 0 Å². The SMILES string of the molecule is CC1CCN(C(=O)c2ccc(N(C)C)cc2)C1CO. The van der Waals surface area contributed by atoms with Gasteiger partial charge in [0.05, 0.1) is 12.6 Å². The van der Waals surface area contributed by atoms with Crippen molar-refractivity contribution in [2.45, 2.75) is 19.4 Å². The molecule has 4 nitrogen and oxygen atoms in total. The van der Waals surface area contributed by atoms with Crippen molar-refractivity contribution in [3.8, 4) is 0 Å². The number of likely N-dealkylation sites (tertiary alicyclic amines) is 1. The third-order valence-corrected chi connectivity index (χ3v) is 3.96. The first-order valence-electron chi connectivity index (χ1n) is 6.73. The molecule has 2 atom stereocenters. The molecule has 1 aliphatic heterocycles. The van der Waals surface area contributed by atoms with Gasteiger partial charge in [-0.3, -0.25) is 4.79 Å². The van der Waals surface area contributed by atoms with Gasteiger partial charge in [0.1, 0.15) is 0 Å². The van der Waals surface area contributed by atoms with E-state index < -0.39 is 0 Å². The Balaban J connectivity index is 2.15. The van der Waals surface area contributed by atoms with Crippen molar-refractivity contribution in [1.29, 1.82) is 0 Å². The topological polar surface area (TPSA) is 43.8 Å². The van der Waals surface area contributed by atoms with Gasteiger partial charge < -0.3 is 14.9 Å². The van der Waals surface area contributed by atoms with Crippen LogP contribution in [0.3, 0.4) is 0 Å². The lowest BCUT2D eigenvalue weighted by atomic mass is 10.0. The molecule has 1 aliphatic rings. The van der Waals surface area contributed by atoms with Gasteiger partial charge in [-0.1, -0.05) is 6.92 Å². The van der Waals surface area contributed by atoms with Crippen molar-refractivity contribution < 1.29 is 9.90 Å². The van der Waals surface area contributed by atoms with E-state index in [1.54, 1.807) is 4.90 Å². The molecule has 104 valence electrons. The van der Waals surface area contributed by atoms with Crippen LogP contribution in [0.5, 0.6) is 0 Å². The van der Waals surface area contributed by atoms with Crippen LogP contribution >= 0.6 is 0 Å². The highest BCUT2D eigenvalue weighted by atomic mass is 16.3. The molecule has 2 rings (SSSR count). The lowest BCUT2D eigenvalue weighted by molar-refractivity contribution is 0.0648. The molecule has 1 fully saturated rings. The van der Waals surface area contributed by atoms with Gasteiger partial charge in [0.25, 0.3) is 5.91 Å². The van der Waals surface area contributed by atoms with Crippen LogP contribution in [-0.4, -0.2) is 49.2 Å². The molecule has 1 amide bonds. The van der Waals surface area contributed by atoms with Crippen molar-refractivity contribution in [3.63, 3.8) is 0 Å². The quantitative estimate of drug-likeness (QED) is 0.899. The largest absolute Gasteiger partial charge is 0.394 e. The molecule has 1 aromatic carbocycles. The number of anilines is 1. The molecule has 0 spiro atoms. The van der Waals surface area contributed by atoms with Crippen molar-refractivity contribution in [1.82, 2.24) is 4.90 Å². The molecule has 0 bridgehead atoms. The number of benzene rings is 1. The zero-order chi connectivity index (χ0) is 14.0. The fourth-order valence-electron chi connectivity index (χ4n) is 2.61. The van der Waals surface area contributed by atoms with E-state index in [4.69, 9.17) is 0 Å². The maximum absolute atomic E-state index is 12.4. The Labute approximate surface area is 114 Å². The highest BCUT2D eigenvalue weighted by Crippen LogP contribution is 2.25. The van der Waals surface area contributed by atoms with E-state index in [-0.39, 0.29) is 18.6 Å². The number of rotatable bonds is 3. The lowest BCUT2D eigenvalue weighted by Gasteiger charge is -2.25. The van der Waals surface area contributed by atoms with Gasteiger partial charge in [-0.25, -0.2) is 0 Å². The molecular weight excluding hydrogens is 240 g/mol. The number of nitrogens with zero attached hydrogens (tertiary/aromatic N) is 2. The Bertz CT molecular complexity index is 442. The molecule has 4 heteroatoms. The number of aliphatic hydroxyl groups excluding tert-OH is 1. The predicted molar refractivity (Wildman–Crippen MR) is 76.5 cm³/mol. The van der Waals surface area contributed by atoms with Gasteiger partial charge in [-0.05, 0) is 36.6 Å². The normalized spacial score (nSPS) is 22.6. The van der Waals surface area contributed by atoms with E-state index in [1.807, 2.05) is 43.3 Å². The van der Waals surface area contributed by atoms with Crippen molar-refractivity contribution in [2.75, 3.05) is 32.1 Å². The van der Waals surface area contributed by atoms with Gasteiger partial charge in [0.15, 0.2) is 0 Å². The molecular formula is C15H22N2O2. The summed E-state index contributed by atoms with van der Waals surface area (Å²) in [6.07, 6.45) is 0.965. The Kier molecular flexibility index (Phi) is 4.10. The minimum absolute atomic E-state index is 0.0220. The van der Waals surface area contributed by atoms with Crippen molar-refractivity contribution in [3.05, 3.63) is 29.8 Å². The summed E-state index contributed by atoms with van der Waals surface area (Å²) >= 11 is 0. The number of hydrogen-bond donors (Lipinski definition) is 1. The number of carbonyl (C=O) groups excluding carboxylic acids is 1. The second-order valence-corrected chi connectivity index (χ2v) is 5.46. The van der Waals surface area contributed by atoms with Gasteiger partial charge in [0, 0.05) is 31.9 Å². The smallest absolute Gasteiger partial charge is 0.254 e. The van der Waals surface area contributed by atoms with E-state index in [2.05, 4.69) is 6.92 Å². The summed E-state index contributed by atoms with van der Waals surface area (Å²) in [6.45, 7) is 2.87. The molecule has 0 aliphatic carbocycles. The van der Waals surface area contributed by atoms with E-state index in [0.717, 1.165) is 18.7 Å². The van der Waals surface area contributed by atoms with Crippen LogP contribution in [0.15, 0.2) is 24.3 Å². The number of carbonyl (C=O) groups is 1. The van der Waals surface area contributed by atoms with Crippen LogP contribution in [0, 0.1) is 5.92 Å². The monoisotopic (exact) mass is 262 g/mol. The molecule has 0 saturated carbocycles. The third kappa shape index (κ3) is 2.73. The standard InChI is InChI=1S/C15H22N2O2/c1-11-8-9-17(14(11)10-18)15(19)12-4-6-13(7-5-12)16(2)3/h4-7,11,14,18H,8-10H2,1-3H3. The molecule has 0 radical (unpaired) electrons. The molecule has 19 heavy (non-hydrogen) atoms. The zero-order valence-corrected chi connectivity index (χ0v) is 11.8. The summed E-state index contributed by atoms with van der Waals surface area (Å²) in [7, 11) is 3.95. The van der Waals surface area contributed by atoms with Gasteiger partial charge >= 0.3 is 0 Å². The molecule has 2 unspecified atom stereocenters. The van der Waals surface area contributed by atoms with Crippen LogP contribution in [0.25, 0.3) is 0 Å². The average Bonchev–Trinajstić information content (AvgIpc) is 2.79. The number of hydrogen-bond acceptors (Lipinski definition) is 3. The first kappa shape index (κ1) is 13.9. The second-order valence-electron chi connectivity index (χ2n) is 5.46. The number of aliphatic hydroxyl groups is 1. The Morgan fingerprint density at radius 1 is 1.37 bits per heavy atom. The van der Waals surface area contributed by atoms with Crippen LogP contribution < -0.4 is 4.90 Å². The summed E-state index contributed by atoms with van der Waals surface area (Å²) in [5, 5.41) is 9.42. The van der Waals surface area contributed by atoms with Crippen LogP contribution in [0.1, 0.15) is 23.7 Å². The van der Waals surface area contributed by atoms with Crippen LogP contribution in [0.2, 0.25) is 0 Å². The minimum Gasteiger partial charge on any atom is -0.394 e. The lowest BCUT2D eigenvalue weighted by Crippen LogP contribution is -2.39. The maximum Gasteiger partial charge on any atom is 0.254 e. The Morgan fingerprint density at radius 2 is 2.00 bits per heavy atom. The van der Waals surface area contributed by atoms with E-state index >= 15 is 0 Å². The van der Waals surface area contributed by atoms with Crippen molar-refractivity contribution in [2.24, 2.45) is 5.92 Å². The fraction of sp³-hybridized carbons (Fsp3) is 0.533. The average molecular weight is 262 g/mol. The summed E-state index contributed by atoms with van der Waals surface area (Å²) in [6, 6.07) is 7.56. The van der Waals surface area contributed by atoms with Crippen LogP contribution in [0.4, 0.5) is 5.69 Å². The molecule has 1 saturated heterocycles. The highest BCUT2D eigenvalue weighted by Gasteiger charge is 2.34. The van der Waals surface area contributed by atoms with E-state index in [9.17, 15) is 9.90 Å². The Morgan fingerprint density at radius 3 is 2.53 bits per heavy atom. The Hall–Kier alpha value is -1.55. The first-order valence-corrected chi connectivity index (χ1v) is 6.73. The van der Waals surface area contributed by atoms with Gasteiger partial charge in [-0.15, -0.1) is 0 Å². The molecule has 1 N–H and O–H groups in total. The number of amides is 1. The summed E-state index contributed by atoms with van der Waals surface area (Å²) in [4.78, 5) is 16.2. The molecule has 0 aromatic heterocycles. The maximum atomic E-state index is 12.4. The highest BCUT2D eigenvalue weighted by molar-refractivity contribution is 5.95. The second kappa shape index (κ2) is 5.61. The van der Waals surface area contributed by atoms with Crippen molar-refractivity contribution >= 4 is 11.6 Å². The van der Waals surface area contributed by atoms with E-state index in [1.165, 1.54) is 0 Å². The summed E-state index contributed by atoms with van der Waals surface area (Å²) < 4.78 is 0. The molecule has 1 heterocycles. The first-order chi connectivity index (χ1) is 9.04. The zero-order valence-electron chi connectivity index (χ0n) is 11.8. The molecule has 1 aromatic rings. The fourth-order valence-corrected chi connectivity index (χ4v) is 2.61.